The van der Waals surface area contributed by atoms with E-state index in [1.807, 2.05) is 18.9 Å². The molecule has 1 heterocycles. The van der Waals surface area contributed by atoms with Crippen LogP contribution >= 0.6 is 0 Å². The number of carbonyl (C=O) groups excluding carboxylic acids is 1. The van der Waals surface area contributed by atoms with Crippen LogP contribution in [-0.2, 0) is 4.79 Å². The summed E-state index contributed by atoms with van der Waals surface area (Å²) in [5.74, 6) is 0.250. The second kappa shape index (κ2) is 8.48. The molecule has 1 aliphatic heterocycles. The van der Waals surface area contributed by atoms with Crippen molar-refractivity contribution in [3.05, 3.63) is 0 Å². The number of rotatable bonds is 7. The molecule has 0 spiro atoms. The highest BCUT2D eigenvalue weighted by Crippen LogP contribution is 2.16. The van der Waals surface area contributed by atoms with Crippen molar-refractivity contribution in [3.8, 4) is 0 Å². The largest absolute Gasteiger partial charge is 0.345 e. The van der Waals surface area contributed by atoms with Crippen LogP contribution in [0.5, 0.6) is 0 Å². The molecule has 4 heteroatoms. The van der Waals surface area contributed by atoms with E-state index in [1.165, 1.54) is 25.7 Å². The van der Waals surface area contributed by atoms with Crippen LogP contribution in [0.2, 0.25) is 0 Å². The fraction of sp³-hybridized carbons (Fsp3) is 0.929. The van der Waals surface area contributed by atoms with Gasteiger partial charge < -0.3 is 10.2 Å². The van der Waals surface area contributed by atoms with Crippen LogP contribution in [0.4, 0.5) is 0 Å². The van der Waals surface area contributed by atoms with Gasteiger partial charge in [0.2, 0.25) is 5.91 Å². The Labute approximate surface area is 112 Å². The van der Waals surface area contributed by atoms with Crippen molar-refractivity contribution in [2.75, 3.05) is 39.8 Å². The van der Waals surface area contributed by atoms with Gasteiger partial charge >= 0.3 is 0 Å². The quantitative estimate of drug-likeness (QED) is 0.697. The highest BCUT2D eigenvalue weighted by atomic mass is 16.2. The SMILES string of the molecule is CCCNCC1CCCCN1CC(=O)N(C)CC. The van der Waals surface area contributed by atoms with Crippen LogP contribution in [0.1, 0.15) is 39.5 Å². The van der Waals surface area contributed by atoms with Crippen LogP contribution in [0.25, 0.3) is 0 Å². The van der Waals surface area contributed by atoms with E-state index in [9.17, 15) is 4.79 Å². The molecular weight excluding hydrogens is 226 g/mol. The van der Waals surface area contributed by atoms with Gasteiger partial charge in [0.15, 0.2) is 0 Å². The van der Waals surface area contributed by atoms with Gasteiger partial charge in [0.25, 0.3) is 0 Å². The molecule has 0 aromatic rings. The second-order valence-electron chi connectivity index (χ2n) is 5.23. The third-order valence-corrected chi connectivity index (χ3v) is 3.79. The molecular formula is C14H29N3O. The maximum atomic E-state index is 12.0. The van der Waals surface area contributed by atoms with E-state index < -0.39 is 0 Å². The minimum absolute atomic E-state index is 0.250. The number of likely N-dealkylation sites (N-methyl/N-ethyl adjacent to an activating group) is 1. The Morgan fingerprint density at radius 3 is 2.83 bits per heavy atom. The first-order valence-corrected chi connectivity index (χ1v) is 7.37. The normalized spacial score (nSPS) is 20.9. The molecule has 0 aromatic heterocycles. The molecule has 1 rings (SSSR count). The molecule has 106 valence electrons. The van der Waals surface area contributed by atoms with Gasteiger partial charge in [-0.3, -0.25) is 9.69 Å². The van der Waals surface area contributed by atoms with E-state index in [2.05, 4.69) is 17.1 Å². The Morgan fingerprint density at radius 1 is 1.39 bits per heavy atom. The lowest BCUT2D eigenvalue weighted by Crippen LogP contribution is -2.49. The third kappa shape index (κ3) is 4.94. The Kier molecular flexibility index (Phi) is 7.28. The third-order valence-electron chi connectivity index (χ3n) is 3.79. The number of nitrogens with zero attached hydrogens (tertiary/aromatic N) is 2. The van der Waals surface area contributed by atoms with E-state index in [0.717, 1.165) is 26.2 Å². The summed E-state index contributed by atoms with van der Waals surface area (Å²) < 4.78 is 0. The van der Waals surface area contributed by atoms with Crippen molar-refractivity contribution in [2.24, 2.45) is 0 Å². The van der Waals surface area contributed by atoms with Gasteiger partial charge in [0.1, 0.15) is 0 Å². The van der Waals surface area contributed by atoms with Crippen LogP contribution in [0, 0.1) is 0 Å². The standard InChI is InChI=1S/C14H29N3O/c1-4-9-15-11-13-8-6-7-10-17(13)12-14(18)16(3)5-2/h13,15H,4-12H2,1-3H3. The number of piperidine rings is 1. The molecule has 1 aliphatic rings. The topological polar surface area (TPSA) is 35.6 Å². The minimum atomic E-state index is 0.250. The fourth-order valence-electron chi connectivity index (χ4n) is 2.42. The lowest BCUT2D eigenvalue weighted by Gasteiger charge is -2.36. The van der Waals surface area contributed by atoms with Crippen LogP contribution in [0.3, 0.4) is 0 Å². The number of likely N-dealkylation sites (tertiary alicyclic amines) is 1. The summed E-state index contributed by atoms with van der Waals surface area (Å²) >= 11 is 0. The van der Waals surface area contributed by atoms with E-state index in [1.54, 1.807) is 0 Å². The number of hydrogen-bond acceptors (Lipinski definition) is 3. The zero-order chi connectivity index (χ0) is 13.4. The predicted octanol–water partition coefficient (Wildman–Crippen LogP) is 1.32. The zero-order valence-corrected chi connectivity index (χ0v) is 12.2. The van der Waals surface area contributed by atoms with Crippen molar-refractivity contribution in [1.82, 2.24) is 15.1 Å². The zero-order valence-electron chi connectivity index (χ0n) is 12.2. The Morgan fingerprint density at radius 2 is 2.17 bits per heavy atom. The molecule has 1 amide bonds. The average Bonchev–Trinajstić information content (AvgIpc) is 2.40. The summed E-state index contributed by atoms with van der Waals surface area (Å²) in [6.07, 6.45) is 4.92. The highest BCUT2D eigenvalue weighted by molar-refractivity contribution is 5.78. The van der Waals surface area contributed by atoms with Crippen LogP contribution in [0.15, 0.2) is 0 Å². The molecule has 1 N–H and O–H groups in total. The molecule has 1 saturated heterocycles. The smallest absolute Gasteiger partial charge is 0.236 e. The molecule has 0 saturated carbocycles. The summed E-state index contributed by atoms with van der Waals surface area (Å²) in [6.45, 7) is 8.76. The number of nitrogens with one attached hydrogen (secondary N) is 1. The molecule has 0 bridgehead atoms. The summed E-state index contributed by atoms with van der Waals surface area (Å²) in [5.41, 5.74) is 0. The van der Waals surface area contributed by atoms with Crippen molar-refractivity contribution in [2.45, 2.75) is 45.6 Å². The van der Waals surface area contributed by atoms with Crippen molar-refractivity contribution in [3.63, 3.8) is 0 Å². The minimum Gasteiger partial charge on any atom is -0.345 e. The monoisotopic (exact) mass is 255 g/mol. The van der Waals surface area contributed by atoms with E-state index >= 15 is 0 Å². The van der Waals surface area contributed by atoms with E-state index in [-0.39, 0.29) is 5.91 Å². The summed E-state index contributed by atoms with van der Waals surface area (Å²) in [4.78, 5) is 16.2. The van der Waals surface area contributed by atoms with Gasteiger partial charge in [0.05, 0.1) is 6.54 Å². The maximum absolute atomic E-state index is 12.0. The first kappa shape index (κ1) is 15.4. The highest BCUT2D eigenvalue weighted by Gasteiger charge is 2.24. The van der Waals surface area contributed by atoms with Crippen molar-refractivity contribution < 1.29 is 4.79 Å². The Bertz CT molecular complexity index is 245. The van der Waals surface area contributed by atoms with Crippen molar-refractivity contribution in [1.29, 1.82) is 0 Å². The lowest BCUT2D eigenvalue weighted by molar-refractivity contribution is -0.131. The van der Waals surface area contributed by atoms with Gasteiger partial charge in [-0.05, 0) is 39.3 Å². The van der Waals surface area contributed by atoms with Gasteiger partial charge in [-0.1, -0.05) is 13.3 Å². The molecule has 18 heavy (non-hydrogen) atoms. The second-order valence-corrected chi connectivity index (χ2v) is 5.23. The molecule has 1 atom stereocenters. The predicted molar refractivity (Wildman–Crippen MR) is 75.7 cm³/mol. The number of carbonyl (C=O) groups is 1. The van der Waals surface area contributed by atoms with Gasteiger partial charge in [-0.25, -0.2) is 0 Å². The average molecular weight is 255 g/mol. The molecule has 0 aliphatic carbocycles. The molecule has 0 radical (unpaired) electrons. The number of amides is 1. The molecule has 1 unspecified atom stereocenters. The lowest BCUT2D eigenvalue weighted by atomic mass is 10.0. The summed E-state index contributed by atoms with van der Waals surface area (Å²) in [5, 5.41) is 3.48. The first-order valence-electron chi connectivity index (χ1n) is 7.37. The van der Waals surface area contributed by atoms with Crippen LogP contribution in [-0.4, -0.2) is 61.5 Å². The van der Waals surface area contributed by atoms with E-state index in [0.29, 0.717) is 12.6 Å². The fourth-order valence-corrected chi connectivity index (χ4v) is 2.42. The van der Waals surface area contributed by atoms with Gasteiger partial charge in [-0.2, -0.15) is 0 Å². The first-order chi connectivity index (χ1) is 8.69. The van der Waals surface area contributed by atoms with Gasteiger partial charge in [0, 0.05) is 26.2 Å². The van der Waals surface area contributed by atoms with Gasteiger partial charge in [-0.15, -0.1) is 0 Å². The molecule has 1 fully saturated rings. The number of hydrogen-bond donors (Lipinski definition) is 1. The van der Waals surface area contributed by atoms with E-state index in [4.69, 9.17) is 0 Å². The van der Waals surface area contributed by atoms with Crippen LogP contribution < -0.4 is 5.32 Å². The molecule has 0 aromatic carbocycles. The summed E-state index contributed by atoms with van der Waals surface area (Å²) in [6, 6.07) is 0.541. The molecule has 4 nitrogen and oxygen atoms in total. The Hall–Kier alpha value is -0.610. The summed E-state index contributed by atoms with van der Waals surface area (Å²) in [7, 11) is 1.89. The maximum Gasteiger partial charge on any atom is 0.236 e. The van der Waals surface area contributed by atoms with Crippen molar-refractivity contribution >= 4 is 5.91 Å². The Balaban J connectivity index is 2.41.